The molecule has 13 nitrogen and oxygen atoms in total. The van der Waals surface area contributed by atoms with E-state index in [9.17, 15) is 14.9 Å². The van der Waals surface area contributed by atoms with Crippen LogP contribution in [0.15, 0.2) is 107 Å². The monoisotopic (exact) mass is 781 g/mol. The molecule has 3 aromatic carbocycles. The maximum Gasteiger partial charge on any atom is 0.351 e. The van der Waals surface area contributed by atoms with E-state index < -0.39 is 38.3 Å². The molecule has 1 fully saturated rings. The summed E-state index contributed by atoms with van der Waals surface area (Å²) in [4.78, 5) is 32.3. The average Bonchev–Trinajstić information content (AvgIpc) is 3.60. The van der Waals surface area contributed by atoms with E-state index in [2.05, 4.69) is 48.4 Å². The molecule has 3 heterocycles. The molecule has 4 atom stereocenters. The van der Waals surface area contributed by atoms with Crippen molar-refractivity contribution >= 4 is 19.6 Å². The van der Waals surface area contributed by atoms with E-state index >= 15 is 0 Å². The lowest BCUT2D eigenvalue weighted by Crippen LogP contribution is -2.39. The van der Waals surface area contributed by atoms with E-state index in [1.54, 1.807) is 26.5 Å². The van der Waals surface area contributed by atoms with Gasteiger partial charge in [-0.3, -0.25) is 9.36 Å². The molecule has 0 amide bonds. The number of nitrogens with zero attached hydrogens (tertiary/aromatic N) is 4. The predicted molar refractivity (Wildman–Crippen MR) is 214 cm³/mol. The second-order valence-corrected chi connectivity index (χ2v) is 15.3. The van der Waals surface area contributed by atoms with Gasteiger partial charge in [0.15, 0.2) is 0 Å². The Bertz CT molecular complexity index is 2150. The highest BCUT2D eigenvalue weighted by Crippen LogP contribution is 2.50. The largest absolute Gasteiger partial charge is 0.497 e. The molecule has 1 N–H and O–H groups in total. The molecule has 0 radical (unpaired) electrons. The van der Waals surface area contributed by atoms with Crippen LogP contribution in [0.3, 0.4) is 0 Å². The third-order valence-electron chi connectivity index (χ3n) is 9.65. The highest BCUT2D eigenvalue weighted by atomic mass is 31.2. The minimum atomic E-state index is -1.69. The third-order valence-corrected chi connectivity index (χ3v) is 11.8. The van der Waals surface area contributed by atoms with Gasteiger partial charge in [0, 0.05) is 36.2 Å². The lowest BCUT2D eigenvalue weighted by atomic mass is 9.80. The van der Waals surface area contributed by atoms with Crippen LogP contribution < -0.4 is 20.7 Å². The molecule has 294 valence electrons. The molecule has 1 aliphatic heterocycles. The molecule has 1 saturated heterocycles. The summed E-state index contributed by atoms with van der Waals surface area (Å²) >= 11 is 0. The Balaban J connectivity index is 1.44. The topological polar surface area (TPSA) is 150 Å². The standard InChI is InChI=1S/C42H48N5O8P/c1-28(2)47(29(3)4)56(53-24-10-23-43)55-36-25-39(46-26-30-13-22-38(48)44-40(30)45-41(46)49)54-37(36)27-52-42(31-11-8-7-9-12-31,32-14-18-34(50-5)19-15-32)33-16-20-35(51-6)21-17-33/h7-9,11-22,26,28-29,36-37,39H,10,24-25,27H2,1-6H3,(H,44,45,48,49)/t36-,37+,39+,56?/m1/s1. The van der Waals surface area contributed by atoms with Crippen LogP contribution in [0, 0.1) is 11.3 Å². The van der Waals surface area contributed by atoms with E-state index in [-0.39, 0.29) is 49.3 Å². The van der Waals surface area contributed by atoms with E-state index in [4.69, 9.17) is 28.0 Å². The minimum Gasteiger partial charge on any atom is -0.497 e. The number of ether oxygens (including phenoxy) is 4. The van der Waals surface area contributed by atoms with E-state index in [1.807, 2.05) is 78.9 Å². The first-order chi connectivity index (χ1) is 27.1. The summed E-state index contributed by atoms with van der Waals surface area (Å²) in [7, 11) is 1.57. The maximum atomic E-state index is 13.5. The lowest BCUT2D eigenvalue weighted by molar-refractivity contribution is -0.0924. The Morgan fingerprint density at radius 2 is 1.52 bits per heavy atom. The zero-order chi connectivity index (χ0) is 39.8. The number of hydrogen-bond donors (Lipinski definition) is 1. The molecule has 56 heavy (non-hydrogen) atoms. The van der Waals surface area contributed by atoms with Gasteiger partial charge in [-0.05, 0) is 74.7 Å². The Hall–Kier alpha value is -4.93. The number of methoxy groups -OCH3 is 2. The van der Waals surface area contributed by atoms with Crippen LogP contribution in [0.4, 0.5) is 0 Å². The second kappa shape index (κ2) is 18.3. The van der Waals surface area contributed by atoms with Crippen molar-refractivity contribution in [3.05, 3.63) is 135 Å². The molecule has 0 saturated carbocycles. The summed E-state index contributed by atoms with van der Waals surface area (Å²) < 4.78 is 41.9. The molecule has 0 bridgehead atoms. The molecule has 6 rings (SSSR count). The Morgan fingerprint density at radius 3 is 2.09 bits per heavy atom. The normalized spacial score (nSPS) is 17.8. The molecular formula is C42H48N5O8P. The van der Waals surface area contributed by atoms with Crippen LogP contribution in [0.5, 0.6) is 11.5 Å². The van der Waals surface area contributed by atoms with Crippen molar-refractivity contribution in [3.63, 3.8) is 0 Å². The zero-order valence-corrected chi connectivity index (χ0v) is 33.3. The lowest BCUT2D eigenvalue weighted by Gasteiger charge is -2.39. The van der Waals surface area contributed by atoms with Gasteiger partial charge in [0.05, 0.1) is 46.0 Å². The number of fused-ring (bicyclic) bond motifs is 1. The van der Waals surface area contributed by atoms with Gasteiger partial charge >= 0.3 is 5.69 Å². The van der Waals surface area contributed by atoms with E-state index in [0.717, 1.165) is 16.7 Å². The third kappa shape index (κ3) is 8.87. The number of hydrogen-bond acceptors (Lipinski definition) is 11. The molecule has 1 aliphatic rings. The smallest absolute Gasteiger partial charge is 0.351 e. The fourth-order valence-corrected chi connectivity index (χ4v) is 8.82. The molecule has 14 heteroatoms. The van der Waals surface area contributed by atoms with Crippen LogP contribution >= 0.6 is 8.53 Å². The first-order valence-corrected chi connectivity index (χ1v) is 19.7. The van der Waals surface area contributed by atoms with Crippen LogP contribution in [0.2, 0.25) is 0 Å². The molecule has 5 aromatic rings. The molecular weight excluding hydrogens is 733 g/mol. The number of H-pyrrole nitrogens is 1. The predicted octanol–water partition coefficient (Wildman–Crippen LogP) is 7.06. The van der Waals surface area contributed by atoms with Gasteiger partial charge in [0.1, 0.15) is 35.1 Å². The zero-order valence-electron chi connectivity index (χ0n) is 32.5. The van der Waals surface area contributed by atoms with Crippen molar-refractivity contribution < 1.29 is 28.0 Å². The van der Waals surface area contributed by atoms with E-state index in [1.165, 1.54) is 10.6 Å². The van der Waals surface area contributed by atoms with Crippen LogP contribution in [-0.2, 0) is 24.1 Å². The van der Waals surface area contributed by atoms with Gasteiger partial charge in [-0.15, -0.1) is 0 Å². The molecule has 0 spiro atoms. The number of aromatic nitrogens is 3. The fourth-order valence-electron chi connectivity index (χ4n) is 7.06. The van der Waals surface area contributed by atoms with Gasteiger partial charge in [-0.1, -0.05) is 54.6 Å². The number of aromatic amines is 1. The van der Waals surface area contributed by atoms with Gasteiger partial charge in [-0.25, -0.2) is 9.46 Å². The molecule has 2 aromatic heterocycles. The average molecular weight is 782 g/mol. The van der Waals surface area contributed by atoms with Crippen molar-refractivity contribution in [1.82, 2.24) is 19.2 Å². The van der Waals surface area contributed by atoms with Crippen LogP contribution in [0.1, 0.15) is 63.5 Å². The summed E-state index contributed by atoms with van der Waals surface area (Å²) in [5.74, 6) is 1.40. The Kier molecular flexibility index (Phi) is 13.3. The second-order valence-electron chi connectivity index (χ2n) is 13.9. The quantitative estimate of drug-likeness (QED) is 0.0587. The van der Waals surface area contributed by atoms with Crippen molar-refractivity contribution in [2.24, 2.45) is 0 Å². The number of nitriles is 1. The van der Waals surface area contributed by atoms with E-state index in [0.29, 0.717) is 16.9 Å². The molecule has 1 unspecified atom stereocenters. The Morgan fingerprint density at radius 1 is 0.911 bits per heavy atom. The van der Waals surface area contributed by atoms with Gasteiger partial charge in [0.2, 0.25) is 5.56 Å². The van der Waals surface area contributed by atoms with Crippen molar-refractivity contribution in [1.29, 1.82) is 5.26 Å². The van der Waals surface area contributed by atoms with Crippen molar-refractivity contribution in [2.75, 3.05) is 27.4 Å². The van der Waals surface area contributed by atoms with Gasteiger partial charge in [-0.2, -0.15) is 10.2 Å². The van der Waals surface area contributed by atoms with Gasteiger partial charge in [0.25, 0.3) is 8.53 Å². The summed E-state index contributed by atoms with van der Waals surface area (Å²) in [6.45, 7) is 8.51. The number of rotatable bonds is 17. The number of pyridine rings is 1. The van der Waals surface area contributed by atoms with Crippen molar-refractivity contribution in [3.8, 4) is 17.6 Å². The number of benzene rings is 3. The first kappa shape index (κ1) is 40.7. The van der Waals surface area contributed by atoms with Crippen LogP contribution in [0.25, 0.3) is 11.0 Å². The summed E-state index contributed by atoms with van der Waals surface area (Å²) in [6.07, 6.45) is -0.0182. The summed E-state index contributed by atoms with van der Waals surface area (Å²) in [5, 5.41) is 9.91. The summed E-state index contributed by atoms with van der Waals surface area (Å²) in [6, 6.07) is 30.8. The fraction of sp³-hybridized carbons (Fsp3) is 0.381. The maximum absolute atomic E-state index is 13.5. The minimum absolute atomic E-state index is 0.0297. The van der Waals surface area contributed by atoms with Gasteiger partial charge < -0.3 is 33.0 Å². The number of nitrogens with one attached hydrogen (secondary N) is 1. The summed E-state index contributed by atoms with van der Waals surface area (Å²) in [5.41, 5.74) is 0.671. The van der Waals surface area contributed by atoms with Crippen molar-refractivity contribution in [2.45, 2.75) is 76.7 Å². The van der Waals surface area contributed by atoms with Crippen LogP contribution in [-0.4, -0.2) is 70.9 Å². The first-order valence-electron chi connectivity index (χ1n) is 18.6. The SMILES string of the molecule is COc1ccc(C(OC[C@@H]2O[C@H](n3cc4ccc(=O)[nH]c4nc3=O)C[C@H]2OP(OCCC#N)N(C(C)C)C(C)C)(c2ccccc2)c2ccc(OC)cc2)cc1. The highest BCUT2D eigenvalue weighted by Gasteiger charge is 2.45. The molecule has 0 aliphatic carbocycles. The highest BCUT2D eigenvalue weighted by molar-refractivity contribution is 7.44. The Labute approximate surface area is 327 Å².